The molecular formula is C13H21N3O4S. The first-order valence-corrected chi connectivity index (χ1v) is 7.73. The van der Waals surface area contributed by atoms with E-state index < -0.39 is 21.5 Å². The zero-order valence-corrected chi connectivity index (χ0v) is 13.4. The molecule has 0 spiro atoms. The van der Waals surface area contributed by atoms with Gasteiger partial charge in [0.2, 0.25) is 15.9 Å². The quantitative estimate of drug-likeness (QED) is 0.660. The van der Waals surface area contributed by atoms with Crippen LogP contribution in [-0.4, -0.2) is 27.0 Å². The van der Waals surface area contributed by atoms with Gasteiger partial charge >= 0.3 is 0 Å². The lowest BCUT2D eigenvalue weighted by Gasteiger charge is -2.25. The lowest BCUT2D eigenvalue weighted by molar-refractivity contribution is -0.119. The van der Waals surface area contributed by atoms with Crippen molar-refractivity contribution in [2.24, 2.45) is 5.73 Å². The van der Waals surface area contributed by atoms with Crippen molar-refractivity contribution in [3.63, 3.8) is 0 Å². The number of rotatable bonds is 6. The molecule has 0 aromatic heterocycles. The Labute approximate surface area is 124 Å². The Morgan fingerprint density at radius 3 is 2.43 bits per heavy atom. The number of hydrogen-bond acceptors (Lipinski definition) is 5. The van der Waals surface area contributed by atoms with Crippen LogP contribution in [0.5, 0.6) is 5.75 Å². The number of benzene rings is 1. The molecule has 1 aromatic carbocycles. The van der Waals surface area contributed by atoms with Gasteiger partial charge in [-0.3, -0.25) is 4.79 Å². The van der Waals surface area contributed by atoms with Gasteiger partial charge in [-0.2, -0.15) is 0 Å². The summed E-state index contributed by atoms with van der Waals surface area (Å²) in [5.41, 5.74) is 10.9. The average molecular weight is 315 g/mol. The van der Waals surface area contributed by atoms with Gasteiger partial charge < -0.3 is 16.2 Å². The topological polar surface area (TPSA) is 125 Å². The van der Waals surface area contributed by atoms with Crippen LogP contribution in [0, 0.1) is 6.92 Å². The summed E-state index contributed by atoms with van der Waals surface area (Å²) in [6.07, 6.45) is -0.129. The standard InChI is InChI=1S/C13H21N3O4S/c1-8-5-10(20-4)11(6-9(8)14)21(18,19)16-13(2,3)7-12(15)17/h5-6,16H,7,14H2,1-4H3,(H2,15,17). The maximum absolute atomic E-state index is 12.5. The summed E-state index contributed by atoms with van der Waals surface area (Å²) < 4.78 is 32.5. The number of anilines is 1. The van der Waals surface area contributed by atoms with Crippen molar-refractivity contribution in [2.75, 3.05) is 12.8 Å². The summed E-state index contributed by atoms with van der Waals surface area (Å²) in [5.74, 6) is -0.415. The molecule has 0 aliphatic heterocycles. The third kappa shape index (κ3) is 4.33. The number of methoxy groups -OCH3 is 1. The molecule has 1 aromatic rings. The third-order valence-corrected chi connectivity index (χ3v) is 4.59. The van der Waals surface area contributed by atoms with E-state index in [0.717, 1.165) is 0 Å². The average Bonchev–Trinajstić information content (AvgIpc) is 2.28. The molecule has 0 bridgehead atoms. The smallest absolute Gasteiger partial charge is 0.244 e. The Hall–Kier alpha value is -1.80. The Morgan fingerprint density at radius 2 is 1.95 bits per heavy atom. The van der Waals surface area contributed by atoms with E-state index in [1.54, 1.807) is 26.8 Å². The van der Waals surface area contributed by atoms with Crippen molar-refractivity contribution in [1.82, 2.24) is 4.72 Å². The minimum Gasteiger partial charge on any atom is -0.495 e. The third-order valence-electron chi connectivity index (χ3n) is 2.87. The zero-order valence-electron chi connectivity index (χ0n) is 12.6. The predicted molar refractivity (Wildman–Crippen MR) is 80.4 cm³/mol. The molecular weight excluding hydrogens is 294 g/mol. The zero-order chi connectivity index (χ0) is 16.4. The van der Waals surface area contributed by atoms with Gasteiger partial charge in [0.15, 0.2) is 0 Å². The van der Waals surface area contributed by atoms with Gasteiger partial charge in [-0.15, -0.1) is 0 Å². The number of carbonyl (C=O) groups is 1. The Morgan fingerprint density at radius 1 is 1.38 bits per heavy atom. The SMILES string of the molecule is COc1cc(C)c(N)cc1S(=O)(=O)NC(C)(C)CC(N)=O. The molecule has 0 aliphatic rings. The largest absolute Gasteiger partial charge is 0.495 e. The predicted octanol–water partition coefficient (Wildman–Crippen LogP) is 0.518. The summed E-state index contributed by atoms with van der Waals surface area (Å²) >= 11 is 0. The Balaban J connectivity index is 3.25. The Bertz CT molecular complexity index is 654. The van der Waals surface area contributed by atoms with Gasteiger partial charge in [-0.05, 0) is 38.5 Å². The maximum atomic E-state index is 12.5. The molecule has 0 fully saturated rings. The first kappa shape index (κ1) is 17.3. The normalized spacial score (nSPS) is 12.2. The van der Waals surface area contributed by atoms with E-state index in [1.165, 1.54) is 13.2 Å². The second-order valence-corrected chi connectivity index (χ2v) is 7.14. The van der Waals surface area contributed by atoms with Crippen LogP contribution in [0.15, 0.2) is 17.0 Å². The van der Waals surface area contributed by atoms with Gasteiger partial charge in [-0.25, -0.2) is 13.1 Å². The van der Waals surface area contributed by atoms with Crippen LogP contribution in [0.25, 0.3) is 0 Å². The number of amides is 1. The number of primary amides is 1. The van der Waals surface area contributed by atoms with Crippen LogP contribution >= 0.6 is 0 Å². The van der Waals surface area contributed by atoms with Gasteiger partial charge in [0.05, 0.1) is 7.11 Å². The summed E-state index contributed by atoms with van der Waals surface area (Å²) in [4.78, 5) is 10.9. The van der Waals surface area contributed by atoms with Crippen molar-refractivity contribution in [3.05, 3.63) is 17.7 Å². The number of carbonyl (C=O) groups excluding carboxylic acids is 1. The lowest BCUT2D eigenvalue weighted by Crippen LogP contribution is -2.46. The molecule has 118 valence electrons. The maximum Gasteiger partial charge on any atom is 0.244 e. The molecule has 7 nitrogen and oxygen atoms in total. The number of hydrogen-bond donors (Lipinski definition) is 3. The molecule has 0 unspecified atom stereocenters. The molecule has 0 atom stereocenters. The van der Waals surface area contributed by atoms with E-state index in [9.17, 15) is 13.2 Å². The fraction of sp³-hybridized carbons (Fsp3) is 0.462. The molecule has 21 heavy (non-hydrogen) atoms. The number of nitrogens with two attached hydrogens (primary N) is 2. The van der Waals surface area contributed by atoms with Crippen LogP contribution in [-0.2, 0) is 14.8 Å². The summed E-state index contributed by atoms with van der Waals surface area (Å²) in [5, 5.41) is 0. The molecule has 0 aliphatic carbocycles. The fourth-order valence-corrected chi connectivity index (χ4v) is 3.54. The highest BCUT2D eigenvalue weighted by molar-refractivity contribution is 7.89. The number of ether oxygens (including phenoxy) is 1. The molecule has 0 radical (unpaired) electrons. The van der Waals surface area contributed by atoms with E-state index in [0.29, 0.717) is 11.3 Å². The molecule has 1 rings (SSSR count). The molecule has 0 saturated carbocycles. The van der Waals surface area contributed by atoms with Gasteiger partial charge in [0.1, 0.15) is 10.6 Å². The molecule has 1 amide bonds. The second kappa shape index (κ2) is 5.90. The van der Waals surface area contributed by atoms with Crippen molar-refractivity contribution >= 4 is 21.6 Å². The van der Waals surface area contributed by atoms with Crippen molar-refractivity contribution in [2.45, 2.75) is 37.6 Å². The number of nitrogen functional groups attached to an aromatic ring is 1. The van der Waals surface area contributed by atoms with E-state index in [1.807, 2.05) is 0 Å². The molecule has 8 heteroatoms. The van der Waals surface area contributed by atoms with E-state index in [2.05, 4.69) is 4.72 Å². The lowest BCUT2D eigenvalue weighted by atomic mass is 10.0. The van der Waals surface area contributed by atoms with Crippen molar-refractivity contribution < 1.29 is 17.9 Å². The van der Waals surface area contributed by atoms with Crippen LogP contribution in [0.3, 0.4) is 0 Å². The summed E-state index contributed by atoms with van der Waals surface area (Å²) in [6, 6.07) is 2.88. The van der Waals surface area contributed by atoms with Gasteiger partial charge in [0, 0.05) is 17.6 Å². The van der Waals surface area contributed by atoms with Crippen LogP contribution in [0.1, 0.15) is 25.8 Å². The molecule has 5 N–H and O–H groups in total. The monoisotopic (exact) mass is 315 g/mol. The minimum absolute atomic E-state index is 0.0781. The molecule has 0 heterocycles. The minimum atomic E-state index is -3.91. The highest BCUT2D eigenvalue weighted by atomic mass is 32.2. The van der Waals surface area contributed by atoms with E-state index in [4.69, 9.17) is 16.2 Å². The van der Waals surface area contributed by atoms with Crippen LogP contribution in [0.2, 0.25) is 0 Å². The Kier molecular flexibility index (Phi) is 4.85. The first-order valence-electron chi connectivity index (χ1n) is 6.25. The van der Waals surface area contributed by atoms with Crippen LogP contribution < -0.4 is 20.9 Å². The highest BCUT2D eigenvalue weighted by Crippen LogP contribution is 2.29. The number of nitrogens with one attached hydrogen (secondary N) is 1. The van der Waals surface area contributed by atoms with E-state index in [-0.39, 0.29) is 17.1 Å². The highest BCUT2D eigenvalue weighted by Gasteiger charge is 2.30. The fourth-order valence-electron chi connectivity index (χ4n) is 1.94. The van der Waals surface area contributed by atoms with Gasteiger partial charge in [-0.1, -0.05) is 0 Å². The van der Waals surface area contributed by atoms with Gasteiger partial charge in [0.25, 0.3) is 0 Å². The summed E-state index contributed by atoms with van der Waals surface area (Å²) in [6.45, 7) is 4.89. The second-order valence-electron chi connectivity index (χ2n) is 5.49. The van der Waals surface area contributed by atoms with Crippen LogP contribution in [0.4, 0.5) is 5.69 Å². The van der Waals surface area contributed by atoms with E-state index >= 15 is 0 Å². The summed E-state index contributed by atoms with van der Waals surface area (Å²) in [7, 11) is -2.53. The number of sulfonamides is 1. The van der Waals surface area contributed by atoms with Crippen molar-refractivity contribution in [3.8, 4) is 5.75 Å². The number of aryl methyl sites for hydroxylation is 1. The molecule has 0 saturated heterocycles. The first-order chi connectivity index (χ1) is 9.48. The van der Waals surface area contributed by atoms with Crippen molar-refractivity contribution in [1.29, 1.82) is 0 Å².